The van der Waals surface area contributed by atoms with Crippen molar-refractivity contribution in [3.8, 4) is 5.75 Å². The summed E-state index contributed by atoms with van der Waals surface area (Å²) in [7, 11) is 0. The Morgan fingerprint density at radius 3 is 2.08 bits per heavy atom. The second kappa shape index (κ2) is 4.87. The van der Waals surface area contributed by atoms with Crippen molar-refractivity contribution in [2.24, 2.45) is 5.18 Å². The third-order valence-electron chi connectivity index (χ3n) is 1.42. The number of nitroso groups, excluding NO2 is 1. The van der Waals surface area contributed by atoms with Crippen molar-refractivity contribution in [2.75, 3.05) is 0 Å². The first kappa shape index (κ1) is 9.19. The third kappa shape index (κ3) is 2.91. The normalized spacial score (nSPS) is 8.62. The summed E-state index contributed by atoms with van der Waals surface area (Å²) in [6.07, 6.45) is 0. The Morgan fingerprint density at radius 2 is 1.46 bits per heavy atom. The van der Waals surface area contributed by atoms with Gasteiger partial charge >= 0.3 is 0 Å². The molecule has 66 valence electrons. The van der Waals surface area contributed by atoms with Crippen LogP contribution < -0.4 is 0 Å². The molecule has 13 heavy (non-hydrogen) atoms. The van der Waals surface area contributed by atoms with Crippen LogP contribution in [-0.4, -0.2) is 5.11 Å². The molecular formula is C10H9NO2. The highest BCUT2D eigenvalue weighted by Gasteiger charge is 1.92. The minimum atomic E-state index is -0.133. The Hall–Kier alpha value is -1.90. The van der Waals surface area contributed by atoms with Crippen LogP contribution in [0.3, 0.4) is 0 Å². The van der Waals surface area contributed by atoms with Crippen molar-refractivity contribution in [3.05, 3.63) is 53.4 Å². The Balaban J connectivity index is 3.32. The van der Waals surface area contributed by atoms with E-state index in [4.69, 9.17) is 0 Å². The van der Waals surface area contributed by atoms with Crippen molar-refractivity contribution < 1.29 is 5.11 Å². The molecule has 0 aliphatic rings. The van der Waals surface area contributed by atoms with E-state index in [1.807, 2.05) is 12.1 Å². The van der Waals surface area contributed by atoms with Gasteiger partial charge in [-0.15, -0.1) is 4.91 Å². The van der Waals surface area contributed by atoms with E-state index in [-0.39, 0.29) is 11.4 Å². The molecule has 0 bridgehead atoms. The molecule has 0 radical (unpaired) electrons. The highest BCUT2D eigenvalue weighted by Crippen LogP contribution is 2.21. The molecule has 3 heteroatoms. The summed E-state index contributed by atoms with van der Waals surface area (Å²) < 4.78 is 0. The van der Waals surface area contributed by atoms with Gasteiger partial charge in [0.15, 0.2) is 0 Å². The predicted molar refractivity (Wildman–Crippen MR) is 51.2 cm³/mol. The molecule has 0 fully saturated rings. The zero-order chi connectivity index (χ0) is 9.52. The van der Waals surface area contributed by atoms with Gasteiger partial charge in [-0.2, -0.15) is 0 Å². The Morgan fingerprint density at radius 1 is 0.923 bits per heavy atom. The summed E-state index contributed by atoms with van der Waals surface area (Å²) in [4.78, 5) is 10.2. The fourth-order valence-electron chi connectivity index (χ4n) is 0.798. The largest absolute Gasteiger partial charge is 0.506 e. The molecule has 3 nitrogen and oxygen atoms in total. The Labute approximate surface area is 76.0 Å². The highest BCUT2D eigenvalue weighted by molar-refractivity contribution is 5.47. The topological polar surface area (TPSA) is 49.7 Å². The lowest BCUT2D eigenvalue weighted by Crippen LogP contribution is -1.60. The monoisotopic (exact) mass is 175 g/mol. The SMILES string of the molecule is O=Nc1ccccccccc1O. The van der Waals surface area contributed by atoms with Crippen molar-refractivity contribution in [3.63, 3.8) is 0 Å². The zero-order valence-electron chi connectivity index (χ0n) is 6.92. The number of rotatable bonds is 1. The maximum Gasteiger partial charge on any atom is 0.149 e. The van der Waals surface area contributed by atoms with Crippen LogP contribution in [-0.2, 0) is 0 Å². The standard InChI is InChI=1S/C10H9NO2/c12-10-8-6-4-2-1-3-5-7-9(10)11-13/h1-8,12H. The van der Waals surface area contributed by atoms with Crippen LogP contribution in [0.1, 0.15) is 0 Å². The van der Waals surface area contributed by atoms with Crippen LogP contribution >= 0.6 is 0 Å². The van der Waals surface area contributed by atoms with E-state index in [0.29, 0.717) is 0 Å². The molecule has 0 aromatic heterocycles. The van der Waals surface area contributed by atoms with Crippen LogP contribution in [0.15, 0.2) is 53.7 Å². The number of hydrogen-bond donors (Lipinski definition) is 1. The molecule has 0 heterocycles. The average Bonchev–Trinajstić information content (AvgIpc) is 2.16. The molecule has 0 aliphatic carbocycles. The maximum absolute atomic E-state index is 10.2. The molecule has 0 saturated carbocycles. The van der Waals surface area contributed by atoms with Crippen LogP contribution in [0, 0.1) is 4.91 Å². The lowest BCUT2D eigenvalue weighted by atomic mass is 10.3. The smallest absolute Gasteiger partial charge is 0.149 e. The summed E-state index contributed by atoms with van der Waals surface area (Å²) in [5.41, 5.74) is 0.0243. The number of aromatic hydroxyl groups is 1. The van der Waals surface area contributed by atoms with Crippen molar-refractivity contribution >= 4 is 5.69 Å². The third-order valence-corrected chi connectivity index (χ3v) is 1.42. The van der Waals surface area contributed by atoms with E-state index in [2.05, 4.69) is 5.18 Å². The van der Waals surface area contributed by atoms with E-state index in [0.717, 1.165) is 0 Å². The van der Waals surface area contributed by atoms with Crippen LogP contribution in [0.4, 0.5) is 5.69 Å². The highest BCUT2D eigenvalue weighted by atomic mass is 16.3. The van der Waals surface area contributed by atoms with Crippen LogP contribution in [0.2, 0.25) is 0 Å². The first-order valence-electron chi connectivity index (χ1n) is 3.79. The summed E-state index contributed by atoms with van der Waals surface area (Å²) in [6, 6.07) is 13.2. The second-order valence-electron chi connectivity index (χ2n) is 2.35. The van der Waals surface area contributed by atoms with Gasteiger partial charge in [-0.1, -0.05) is 36.4 Å². The van der Waals surface area contributed by atoms with Gasteiger partial charge in [0.05, 0.1) is 0 Å². The lowest BCUT2D eigenvalue weighted by Gasteiger charge is -1.87. The van der Waals surface area contributed by atoms with Gasteiger partial charge in [0.25, 0.3) is 0 Å². The number of hydrogen-bond acceptors (Lipinski definition) is 3. The van der Waals surface area contributed by atoms with Gasteiger partial charge in [-0.25, -0.2) is 0 Å². The molecule has 0 atom stereocenters. The molecule has 0 amide bonds. The van der Waals surface area contributed by atoms with E-state index in [9.17, 15) is 10.0 Å². The van der Waals surface area contributed by atoms with E-state index in [1.54, 1.807) is 24.3 Å². The fourth-order valence-corrected chi connectivity index (χ4v) is 0.798. The van der Waals surface area contributed by atoms with Crippen molar-refractivity contribution in [1.82, 2.24) is 0 Å². The fraction of sp³-hybridized carbons (Fsp3) is 0. The zero-order valence-corrected chi connectivity index (χ0v) is 6.92. The molecule has 1 aromatic carbocycles. The average molecular weight is 175 g/mol. The Bertz CT molecular complexity index is 349. The molecule has 1 aromatic rings. The van der Waals surface area contributed by atoms with Gasteiger partial charge in [-0.3, -0.25) is 0 Å². The van der Waals surface area contributed by atoms with Gasteiger partial charge in [-0.05, 0) is 17.3 Å². The van der Waals surface area contributed by atoms with Crippen LogP contribution in [0.5, 0.6) is 5.75 Å². The van der Waals surface area contributed by atoms with Crippen LogP contribution in [0.25, 0.3) is 0 Å². The minimum Gasteiger partial charge on any atom is -0.506 e. The molecule has 1 N–H and O–H groups in total. The molecule has 0 spiro atoms. The first-order chi connectivity index (χ1) is 6.34. The van der Waals surface area contributed by atoms with Crippen molar-refractivity contribution in [1.29, 1.82) is 0 Å². The predicted octanol–water partition coefficient (Wildman–Crippen LogP) is 2.91. The van der Waals surface area contributed by atoms with Gasteiger partial charge in [0.2, 0.25) is 0 Å². The molecule has 0 aliphatic heterocycles. The summed E-state index contributed by atoms with van der Waals surface area (Å²) in [5.74, 6) is -0.133. The minimum absolute atomic E-state index is 0.0243. The summed E-state index contributed by atoms with van der Waals surface area (Å²) in [6.45, 7) is 0. The van der Waals surface area contributed by atoms with Gasteiger partial charge in [0.1, 0.15) is 11.4 Å². The quantitative estimate of drug-likeness (QED) is 0.667. The van der Waals surface area contributed by atoms with Gasteiger partial charge in [0, 0.05) is 0 Å². The first-order valence-corrected chi connectivity index (χ1v) is 3.79. The number of nitrogens with zero attached hydrogens (tertiary/aromatic N) is 1. The molecule has 0 unspecified atom stereocenters. The van der Waals surface area contributed by atoms with E-state index < -0.39 is 0 Å². The molecule has 0 saturated heterocycles. The molecule has 1 rings (SSSR count). The lowest BCUT2D eigenvalue weighted by molar-refractivity contribution is 0.477. The summed E-state index contributed by atoms with van der Waals surface area (Å²) >= 11 is 0. The van der Waals surface area contributed by atoms with E-state index >= 15 is 0 Å². The summed E-state index contributed by atoms with van der Waals surface area (Å²) in [5, 5.41) is 12.0. The second-order valence-corrected chi connectivity index (χ2v) is 2.35. The maximum atomic E-state index is 10.2. The van der Waals surface area contributed by atoms with Gasteiger partial charge < -0.3 is 5.11 Å². The molecular weight excluding hydrogens is 166 g/mol. The van der Waals surface area contributed by atoms with Crippen molar-refractivity contribution in [2.45, 2.75) is 0 Å². The van der Waals surface area contributed by atoms with E-state index in [1.165, 1.54) is 12.1 Å². The Kier molecular flexibility index (Phi) is 3.45.